The van der Waals surface area contributed by atoms with Crippen LogP contribution >= 0.6 is 0 Å². The number of hydrogen-bond donors (Lipinski definition) is 0. The van der Waals surface area contributed by atoms with Crippen molar-refractivity contribution in [2.45, 2.75) is 6.42 Å². The molecule has 0 aliphatic rings. The third-order valence-corrected chi connectivity index (χ3v) is 1.43. The normalized spacial score (nSPS) is 8.92. The van der Waals surface area contributed by atoms with Gasteiger partial charge in [0, 0.05) is 12.1 Å². The second kappa shape index (κ2) is 3.49. The summed E-state index contributed by atoms with van der Waals surface area (Å²) in [5.74, 6) is 0. The van der Waals surface area contributed by atoms with Crippen LogP contribution in [0.4, 0.5) is 5.69 Å². The molecule has 0 saturated carbocycles. The lowest BCUT2D eigenvalue weighted by Gasteiger charge is -1.92. The van der Waals surface area contributed by atoms with Crippen molar-refractivity contribution in [1.82, 2.24) is 0 Å². The van der Waals surface area contributed by atoms with Crippen molar-refractivity contribution < 1.29 is 4.92 Å². The van der Waals surface area contributed by atoms with E-state index < -0.39 is 4.92 Å². The summed E-state index contributed by atoms with van der Waals surface area (Å²) in [5.41, 5.74) is 0.847. The predicted molar refractivity (Wildman–Crippen MR) is 42.4 cm³/mol. The first-order valence-corrected chi connectivity index (χ1v) is 3.34. The van der Waals surface area contributed by atoms with E-state index >= 15 is 0 Å². The van der Waals surface area contributed by atoms with Crippen molar-refractivity contribution in [1.29, 1.82) is 5.26 Å². The Bertz CT molecular complexity index is 324. The molecule has 0 heterocycles. The molecule has 1 aromatic rings. The Morgan fingerprint density at radius 2 is 2.00 bits per heavy atom. The number of benzene rings is 1. The maximum atomic E-state index is 10.2. The molecule has 0 amide bonds. The van der Waals surface area contributed by atoms with Gasteiger partial charge in [0.05, 0.1) is 17.4 Å². The third kappa shape index (κ3) is 1.80. The van der Waals surface area contributed by atoms with Crippen LogP contribution in [0.2, 0.25) is 0 Å². The molecular weight excluding hydrogens is 157 g/mol. The molecule has 0 fully saturated rings. The largest absolute Gasteiger partial charge is 0.269 e. The molecule has 1 rings (SSSR count). The SMILES string of the molecule is N#CC[13c]1ccc([N+](=O)[O-])cc1. The van der Waals surface area contributed by atoms with Crippen molar-refractivity contribution in [2.75, 3.05) is 0 Å². The van der Waals surface area contributed by atoms with Gasteiger partial charge in [0.1, 0.15) is 0 Å². The van der Waals surface area contributed by atoms with Gasteiger partial charge < -0.3 is 0 Å². The summed E-state index contributed by atoms with van der Waals surface area (Å²) in [6.45, 7) is 0. The van der Waals surface area contributed by atoms with Gasteiger partial charge in [0.25, 0.3) is 5.69 Å². The maximum absolute atomic E-state index is 10.2. The lowest BCUT2D eigenvalue weighted by atomic mass is 10.3. The van der Waals surface area contributed by atoms with Crippen LogP contribution in [0.5, 0.6) is 0 Å². The summed E-state index contributed by atoms with van der Waals surface area (Å²) < 4.78 is 0. The fourth-order valence-corrected chi connectivity index (χ4v) is 0.827. The first-order chi connectivity index (χ1) is 5.74. The molecule has 4 nitrogen and oxygen atoms in total. The van der Waals surface area contributed by atoms with Gasteiger partial charge in [-0.05, 0) is 5.56 Å². The molecule has 1 aromatic carbocycles. The number of nitriles is 1. The monoisotopic (exact) mass is 163 g/mol. The first kappa shape index (κ1) is 8.21. The van der Waals surface area contributed by atoms with Crippen LogP contribution in [0.1, 0.15) is 5.56 Å². The molecule has 0 spiro atoms. The Morgan fingerprint density at radius 1 is 1.42 bits per heavy atom. The van der Waals surface area contributed by atoms with Gasteiger partial charge in [-0.25, -0.2) is 0 Å². The van der Waals surface area contributed by atoms with E-state index in [0.29, 0.717) is 0 Å². The minimum absolute atomic E-state index is 0.0525. The lowest BCUT2D eigenvalue weighted by molar-refractivity contribution is -0.384. The number of rotatable bonds is 2. The van der Waals surface area contributed by atoms with Crippen molar-refractivity contribution in [2.24, 2.45) is 0 Å². The summed E-state index contributed by atoms with van der Waals surface area (Å²) in [4.78, 5) is 9.75. The Balaban J connectivity index is 2.87. The zero-order valence-corrected chi connectivity index (χ0v) is 6.23. The first-order valence-electron chi connectivity index (χ1n) is 3.34. The molecule has 60 valence electrons. The van der Waals surface area contributed by atoms with E-state index in [-0.39, 0.29) is 12.1 Å². The molecule has 0 aliphatic carbocycles. The van der Waals surface area contributed by atoms with E-state index in [9.17, 15) is 10.1 Å². The van der Waals surface area contributed by atoms with E-state index in [1.807, 2.05) is 6.07 Å². The number of nitro groups is 1. The molecule has 0 aromatic heterocycles. The van der Waals surface area contributed by atoms with Crippen LogP contribution in [0.25, 0.3) is 0 Å². The van der Waals surface area contributed by atoms with Crippen LogP contribution in [-0.2, 0) is 6.42 Å². The zero-order valence-electron chi connectivity index (χ0n) is 6.23. The molecule has 0 aliphatic heterocycles. The van der Waals surface area contributed by atoms with Gasteiger partial charge in [0.2, 0.25) is 0 Å². The van der Waals surface area contributed by atoms with Crippen LogP contribution in [0.15, 0.2) is 24.3 Å². The van der Waals surface area contributed by atoms with Crippen molar-refractivity contribution in [3.63, 3.8) is 0 Å². The second-order valence-corrected chi connectivity index (χ2v) is 2.26. The molecule has 0 radical (unpaired) electrons. The Morgan fingerprint density at radius 3 is 2.42 bits per heavy atom. The molecular formula is C8H6N2O2. The highest BCUT2D eigenvalue weighted by molar-refractivity contribution is 5.33. The second-order valence-electron chi connectivity index (χ2n) is 2.26. The standard InChI is InChI=1S/C8H6N2O2/c9-6-5-7-1-3-8(4-2-7)10(11)12/h1-4H,5H2/i7+1. The lowest BCUT2D eigenvalue weighted by Crippen LogP contribution is -1.88. The van der Waals surface area contributed by atoms with Gasteiger partial charge >= 0.3 is 0 Å². The topological polar surface area (TPSA) is 66.9 Å². The summed E-state index contributed by atoms with van der Waals surface area (Å²) in [6.07, 6.45) is 0.290. The molecule has 0 saturated heterocycles. The predicted octanol–water partition coefficient (Wildman–Crippen LogP) is 1.66. The fourth-order valence-electron chi connectivity index (χ4n) is 0.827. The van der Waals surface area contributed by atoms with Gasteiger partial charge in [-0.15, -0.1) is 0 Å². The third-order valence-electron chi connectivity index (χ3n) is 1.43. The van der Waals surface area contributed by atoms with Crippen LogP contribution in [-0.4, -0.2) is 4.92 Å². The van der Waals surface area contributed by atoms with Crippen LogP contribution in [0.3, 0.4) is 0 Å². The Kier molecular flexibility index (Phi) is 2.38. The Hall–Kier alpha value is -1.89. The van der Waals surface area contributed by atoms with Crippen molar-refractivity contribution in [3.05, 3.63) is 39.9 Å². The number of nitrogens with zero attached hydrogens (tertiary/aromatic N) is 2. The molecule has 12 heavy (non-hydrogen) atoms. The van der Waals surface area contributed by atoms with Crippen molar-refractivity contribution >= 4 is 5.69 Å². The van der Waals surface area contributed by atoms with E-state index in [2.05, 4.69) is 0 Å². The number of nitro benzene ring substituents is 1. The Labute approximate surface area is 69.2 Å². The minimum atomic E-state index is -0.462. The van der Waals surface area contributed by atoms with E-state index in [0.717, 1.165) is 5.56 Å². The van der Waals surface area contributed by atoms with Gasteiger partial charge in [-0.1, -0.05) is 12.1 Å². The summed E-state index contributed by atoms with van der Waals surface area (Å²) in [7, 11) is 0. The van der Waals surface area contributed by atoms with Crippen molar-refractivity contribution in [3.8, 4) is 6.07 Å². The van der Waals surface area contributed by atoms with Crippen LogP contribution < -0.4 is 0 Å². The number of non-ortho nitro benzene ring substituents is 1. The minimum Gasteiger partial charge on any atom is -0.258 e. The average molecular weight is 163 g/mol. The average Bonchev–Trinajstić information content (AvgIpc) is 2.06. The molecule has 0 unspecified atom stereocenters. The fraction of sp³-hybridized carbons (Fsp3) is 0.125. The van der Waals surface area contributed by atoms with E-state index in [1.54, 1.807) is 12.1 Å². The van der Waals surface area contributed by atoms with E-state index in [1.165, 1.54) is 12.1 Å². The zero-order chi connectivity index (χ0) is 8.97. The maximum Gasteiger partial charge on any atom is 0.269 e. The summed E-state index contributed by atoms with van der Waals surface area (Å²) in [6, 6.07) is 7.92. The molecule has 4 heteroatoms. The molecule has 0 N–H and O–H groups in total. The number of hydrogen-bond acceptors (Lipinski definition) is 3. The van der Waals surface area contributed by atoms with Crippen LogP contribution in [0, 0.1) is 21.4 Å². The summed E-state index contributed by atoms with van der Waals surface area (Å²) in [5, 5.41) is 18.5. The summed E-state index contributed by atoms with van der Waals surface area (Å²) >= 11 is 0. The smallest absolute Gasteiger partial charge is 0.258 e. The molecule has 0 atom stereocenters. The highest BCUT2D eigenvalue weighted by Gasteiger charge is 2.02. The van der Waals surface area contributed by atoms with E-state index in [4.69, 9.17) is 5.26 Å². The quantitative estimate of drug-likeness (QED) is 0.491. The highest BCUT2D eigenvalue weighted by atomic mass is 16.6. The van der Waals surface area contributed by atoms with Gasteiger partial charge in [-0.3, -0.25) is 10.1 Å². The van der Waals surface area contributed by atoms with Gasteiger partial charge in [-0.2, -0.15) is 5.26 Å². The highest BCUT2D eigenvalue weighted by Crippen LogP contribution is 2.11. The molecule has 0 bridgehead atoms. The van der Waals surface area contributed by atoms with Gasteiger partial charge in [0.15, 0.2) is 0 Å².